The van der Waals surface area contributed by atoms with E-state index in [1.54, 1.807) is 48.6 Å². The van der Waals surface area contributed by atoms with Crippen LogP contribution in [-0.2, 0) is 10.8 Å². The summed E-state index contributed by atoms with van der Waals surface area (Å²) in [4.78, 5) is 2.65. The lowest BCUT2D eigenvalue weighted by molar-refractivity contribution is 0.497. The molecule has 2 aliphatic rings. The van der Waals surface area contributed by atoms with E-state index in [0.717, 1.165) is 124 Å². The average molecular weight is 1110 g/mol. The second kappa shape index (κ2) is 20.5. The number of aryl methyl sites for hydroxylation is 4. The van der Waals surface area contributed by atoms with Gasteiger partial charge < -0.3 is 9.80 Å². The van der Waals surface area contributed by atoms with Crippen LogP contribution in [0, 0.1) is 62.6 Å². The molecule has 0 N–H and O–H groups in total. The summed E-state index contributed by atoms with van der Waals surface area (Å²) in [5, 5.41) is 0. The molecular formula is C76H54F6N2. The molecule has 410 valence electrons. The van der Waals surface area contributed by atoms with Gasteiger partial charge in [-0.15, -0.1) is 0 Å². The molecule has 0 radical (unpaired) electrons. The Morgan fingerprint density at radius 3 is 1.05 bits per heavy atom. The molecule has 2 unspecified atom stereocenters. The highest BCUT2D eigenvalue weighted by Crippen LogP contribution is 2.60. The first-order valence-electron chi connectivity index (χ1n) is 27.8. The van der Waals surface area contributed by atoms with Crippen LogP contribution in [0.3, 0.4) is 0 Å². The van der Waals surface area contributed by atoms with Gasteiger partial charge in [-0.3, -0.25) is 0 Å². The maximum absolute atomic E-state index is 16.8. The Bertz CT molecular complexity index is 4200. The molecular weight excluding hydrogens is 1050 g/mol. The molecule has 0 fully saturated rings. The van der Waals surface area contributed by atoms with Gasteiger partial charge in [-0.05, 0) is 190 Å². The van der Waals surface area contributed by atoms with Crippen molar-refractivity contribution in [1.82, 2.24) is 0 Å². The predicted molar refractivity (Wildman–Crippen MR) is 329 cm³/mol. The summed E-state index contributed by atoms with van der Waals surface area (Å²) in [6, 6.07) is 66.1. The summed E-state index contributed by atoms with van der Waals surface area (Å²) in [7, 11) is 0. The minimum atomic E-state index is -1.43. The Morgan fingerprint density at radius 2 is 0.667 bits per heavy atom. The van der Waals surface area contributed by atoms with Crippen LogP contribution < -0.4 is 9.80 Å². The molecule has 11 aromatic rings. The Hall–Kier alpha value is -9.92. The van der Waals surface area contributed by atoms with Gasteiger partial charge in [0.25, 0.3) is 0 Å². The van der Waals surface area contributed by atoms with Gasteiger partial charge in [0.1, 0.15) is 23.0 Å². The van der Waals surface area contributed by atoms with Crippen molar-refractivity contribution in [2.75, 3.05) is 9.80 Å². The van der Waals surface area contributed by atoms with Crippen LogP contribution in [0.15, 0.2) is 232 Å². The van der Waals surface area contributed by atoms with E-state index in [2.05, 4.69) is 112 Å². The first-order chi connectivity index (χ1) is 40.7. The summed E-state index contributed by atoms with van der Waals surface area (Å²) < 4.78 is 98.7. The zero-order chi connectivity index (χ0) is 58.3. The van der Waals surface area contributed by atoms with Crippen LogP contribution in [0.2, 0.25) is 0 Å². The third-order valence-corrected chi connectivity index (χ3v) is 17.2. The highest BCUT2D eigenvalue weighted by molar-refractivity contribution is 5.93. The highest BCUT2D eigenvalue weighted by Gasteiger charge is 2.49. The fraction of sp³-hybridized carbons (Fsp3) is 0.0789. The fourth-order valence-corrected chi connectivity index (χ4v) is 13.4. The number of hydrogen-bond donors (Lipinski definition) is 0. The molecule has 13 rings (SSSR count). The van der Waals surface area contributed by atoms with Crippen molar-refractivity contribution in [2.45, 2.75) is 38.5 Å². The van der Waals surface area contributed by atoms with E-state index in [1.165, 1.54) is 9.80 Å². The molecule has 0 aromatic heterocycles. The van der Waals surface area contributed by atoms with Gasteiger partial charge in [-0.1, -0.05) is 182 Å². The number of nitrogens with zero attached hydrogens (tertiary/aromatic N) is 2. The average Bonchev–Trinajstić information content (AvgIpc) is 1.63. The topological polar surface area (TPSA) is 6.48 Å². The number of fused-ring (bicyclic) bond motifs is 6. The van der Waals surface area contributed by atoms with Gasteiger partial charge in [-0.25, -0.2) is 26.3 Å². The van der Waals surface area contributed by atoms with E-state index in [1.807, 2.05) is 86.6 Å². The van der Waals surface area contributed by atoms with E-state index in [4.69, 9.17) is 0 Å². The number of hydrogen-bond acceptors (Lipinski definition) is 2. The van der Waals surface area contributed by atoms with E-state index < -0.39 is 57.1 Å². The second-order valence-corrected chi connectivity index (χ2v) is 21.9. The predicted octanol–water partition coefficient (Wildman–Crippen LogP) is 20.7. The zero-order valence-electron chi connectivity index (χ0n) is 46.5. The molecule has 0 saturated carbocycles. The van der Waals surface area contributed by atoms with Crippen molar-refractivity contribution in [2.24, 2.45) is 0 Å². The van der Waals surface area contributed by atoms with Crippen molar-refractivity contribution in [1.29, 1.82) is 0 Å². The largest absolute Gasteiger partial charge is 0.305 e. The molecule has 0 bridgehead atoms. The molecule has 2 nitrogen and oxygen atoms in total. The van der Waals surface area contributed by atoms with Crippen LogP contribution in [0.1, 0.15) is 77.9 Å². The van der Waals surface area contributed by atoms with Gasteiger partial charge in [0.2, 0.25) is 0 Å². The normalized spacial score (nSPS) is 15.5. The molecule has 2 aliphatic carbocycles. The highest BCUT2D eigenvalue weighted by atomic mass is 19.2. The maximum atomic E-state index is 16.8. The van der Waals surface area contributed by atoms with Gasteiger partial charge in [0.15, 0.2) is 23.3 Å². The molecule has 2 atom stereocenters. The van der Waals surface area contributed by atoms with E-state index >= 15 is 26.3 Å². The third-order valence-electron chi connectivity index (χ3n) is 17.2. The zero-order valence-corrected chi connectivity index (χ0v) is 46.5. The first-order valence-corrected chi connectivity index (χ1v) is 27.8. The van der Waals surface area contributed by atoms with Gasteiger partial charge >= 0.3 is 0 Å². The molecule has 0 spiro atoms. The van der Waals surface area contributed by atoms with Crippen molar-refractivity contribution in [3.05, 3.63) is 344 Å². The summed E-state index contributed by atoms with van der Waals surface area (Å²) in [6.45, 7) is 16.2. The molecule has 0 aliphatic heterocycles. The summed E-state index contributed by atoms with van der Waals surface area (Å²) in [5.74, 6) is -7.50. The molecule has 0 amide bonds. The minimum Gasteiger partial charge on any atom is -0.305 e. The van der Waals surface area contributed by atoms with Crippen LogP contribution in [0.4, 0.5) is 60.5 Å². The van der Waals surface area contributed by atoms with Crippen molar-refractivity contribution < 1.29 is 26.3 Å². The van der Waals surface area contributed by atoms with Gasteiger partial charge in [0, 0.05) is 22.7 Å². The van der Waals surface area contributed by atoms with Crippen molar-refractivity contribution in [3.8, 4) is 22.3 Å². The second-order valence-electron chi connectivity index (χ2n) is 21.9. The fourth-order valence-electron chi connectivity index (χ4n) is 13.4. The molecule has 0 saturated heterocycles. The Labute approximate surface area is 485 Å². The number of halogens is 6. The Kier molecular flexibility index (Phi) is 13.0. The van der Waals surface area contributed by atoms with Crippen molar-refractivity contribution in [3.63, 3.8) is 0 Å². The van der Waals surface area contributed by atoms with Crippen LogP contribution >= 0.6 is 0 Å². The number of rotatable bonds is 12. The van der Waals surface area contributed by atoms with Crippen molar-refractivity contribution >= 4 is 46.3 Å². The lowest BCUT2D eigenvalue weighted by Gasteiger charge is -2.36. The van der Waals surface area contributed by atoms with Crippen LogP contribution in [0.5, 0.6) is 0 Å². The summed E-state index contributed by atoms with van der Waals surface area (Å²) >= 11 is 0. The molecule has 8 heteroatoms. The first kappa shape index (κ1) is 53.4. The quantitative estimate of drug-likeness (QED) is 0.0889. The summed E-state index contributed by atoms with van der Waals surface area (Å²) in [6.07, 6.45) is 3.57. The maximum Gasteiger partial charge on any atom is 0.185 e. The SMILES string of the molecule is C=Cc1ccc(C2(c3cc(C)ccc3C)c3ccccc3-c3ccc(N(c4ccc(N(c5ccc6c(c5)C(c5ccc(C=C)cc5)(c5cc(C)ccc5C)c5ccccc5-6)c5c(F)ccc(F)c5F)cc4)c4c(F)ccc(F)c4F)cc32)cc1. The third kappa shape index (κ3) is 8.10. The van der Waals surface area contributed by atoms with E-state index in [9.17, 15) is 0 Å². The van der Waals surface area contributed by atoms with E-state index in [-0.39, 0.29) is 22.7 Å². The minimum absolute atomic E-state index is 0.173. The molecule has 11 aromatic carbocycles. The van der Waals surface area contributed by atoms with Crippen LogP contribution in [-0.4, -0.2) is 0 Å². The lowest BCUT2D eigenvalue weighted by Crippen LogP contribution is -2.30. The number of benzene rings is 11. The van der Waals surface area contributed by atoms with Crippen LogP contribution in [0.25, 0.3) is 34.4 Å². The van der Waals surface area contributed by atoms with Gasteiger partial charge in [-0.2, -0.15) is 0 Å². The van der Waals surface area contributed by atoms with Gasteiger partial charge in [0.05, 0.1) is 10.8 Å². The smallest absolute Gasteiger partial charge is 0.185 e. The molecule has 84 heavy (non-hydrogen) atoms. The Balaban J connectivity index is 1.04. The molecule has 0 heterocycles. The Morgan fingerprint density at radius 1 is 0.321 bits per heavy atom. The monoisotopic (exact) mass is 1110 g/mol. The summed E-state index contributed by atoms with van der Waals surface area (Å²) in [5.41, 5.74) is 14.8. The standard InChI is InChI=1S/C76H54F6N2/c1-7-49-21-25-51(26-22-49)75(63-41-45(3)17-19-47(63)5)61-15-11-9-13-57(61)59-35-33-55(43-65(59)75)83(73-69(79)39-37-67(77)71(73)81)53-29-31-54(32-30-53)84(74-70(80)40-38-68(78)72(74)82)56-34-36-60-58-14-10-12-16-62(58)76(66(60)44-56,52-27-23-50(8-2)24-28-52)64-42-46(4)18-20-48(64)6/h7-44H,1-2H2,3-6H3. The lowest BCUT2D eigenvalue weighted by atomic mass is 9.66. The number of anilines is 6. The van der Waals surface area contributed by atoms with E-state index in [0.29, 0.717) is 0 Å².